The Bertz CT molecular complexity index is 330. The summed E-state index contributed by atoms with van der Waals surface area (Å²) in [7, 11) is 0. The van der Waals surface area contributed by atoms with Crippen LogP contribution < -0.4 is 0 Å². The van der Waals surface area contributed by atoms with E-state index < -0.39 is 0 Å². The third kappa shape index (κ3) is 2.09. The molecule has 2 fully saturated rings. The Hall–Kier alpha value is -0.780. The van der Waals surface area contributed by atoms with Gasteiger partial charge in [-0.15, -0.1) is 0 Å². The van der Waals surface area contributed by atoms with Crippen LogP contribution in [0.3, 0.4) is 0 Å². The van der Waals surface area contributed by atoms with Crippen molar-refractivity contribution < 1.29 is 0 Å². The molecule has 0 N–H and O–H groups in total. The molecule has 0 heteroatoms. The highest BCUT2D eigenvalue weighted by Gasteiger charge is 2.24. The van der Waals surface area contributed by atoms with E-state index in [1.807, 2.05) is 0 Å². The van der Waals surface area contributed by atoms with Gasteiger partial charge in [-0.25, -0.2) is 0 Å². The monoisotopic (exact) mass is 200 g/mol. The Kier molecular flexibility index (Phi) is 2.52. The van der Waals surface area contributed by atoms with Crippen LogP contribution in [0.1, 0.15) is 67.9 Å². The van der Waals surface area contributed by atoms with Crippen LogP contribution in [0.2, 0.25) is 0 Å². The molecule has 15 heavy (non-hydrogen) atoms. The van der Waals surface area contributed by atoms with Crippen molar-refractivity contribution in [1.82, 2.24) is 0 Å². The molecule has 0 bridgehead atoms. The molecule has 0 atom stereocenters. The Balaban J connectivity index is 1.80. The zero-order valence-corrected chi connectivity index (χ0v) is 9.41. The fourth-order valence-electron chi connectivity index (χ4n) is 2.92. The maximum atomic E-state index is 2.49. The molecule has 2 aliphatic carbocycles. The average molecular weight is 200 g/mol. The van der Waals surface area contributed by atoms with Gasteiger partial charge in [-0.2, -0.15) is 0 Å². The second-order valence-corrected chi connectivity index (χ2v) is 5.28. The van der Waals surface area contributed by atoms with Crippen molar-refractivity contribution in [1.29, 1.82) is 0 Å². The van der Waals surface area contributed by atoms with Crippen molar-refractivity contribution in [3.05, 3.63) is 35.4 Å². The number of benzene rings is 1. The summed E-state index contributed by atoms with van der Waals surface area (Å²) in [6.45, 7) is 0. The molecule has 0 amide bonds. The van der Waals surface area contributed by atoms with Gasteiger partial charge in [0.2, 0.25) is 0 Å². The van der Waals surface area contributed by atoms with Crippen LogP contribution in [0.4, 0.5) is 0 Å². The van der Waals surface area contributed by atoms with Gasteiger partial charge in [-0.3, -0.25) is 0 Å². The van der Waals surface area contributed by atoms with Crippen LogP contribution in [-0.2, 0) is 0 Å². The van der Waals surface area contributed by atoms with Gasteiger partial charge in [0.25, 0.3) is 0 Å². The lowest BCUT2D eigenvalue weighted by molar-refractivity contribution is 0.443. The molecule has 0 nitrogen and oxygen atoms in total. The van der Waals surface area contributed by atoms with E-state index in [9.17, 15) is 0 Å². The molecule has 2 saturated carbocycles. The molecule has 0 unspecified atom stereocenters. The Morgan fingerprint density at radius 1 is 0.733 bits per heavy atom. The van der Waals surface area contributed by atoms with Gasteiger partial charge in [-0.05, 0) is 48.6 Å². The van der Waals surface area contributed by atoms with Crippen LogP contribution in [0.5, 0.6) is 0 Å². The maximum absolute atomic E-state index is 2.49. The third-order valence-electron chi connectivity index (χ3n) is 4.04. The Morgan fingerprint density at radius 3 is 1.93 bits per heavy atom. The Labute approximate surface area is 92.7 Å². The molecule has 80 valence electrons. The van der Waals surface area contributed by atoms with Crippen molar-refractivity contribution in [2.45, 2.75) is 56.8 Å². The molecular formula is C15H20. The molecule has 0 aromatic heterocycles. The molecular weight excluding hydrogens is 180 g/mol. The van der Waals surface area contributed by atoms with Crippen LogP contribution in [-0.4, -0.2) is 0 Å². The van der Waals surface area contributed by atoms with Gasteiger partial charge in [0.05, 0.1) is 0 Å². The van der Waals surface area contributed by atoms with Crippen molar-refractivity contribution in [2.75, 3.05) is 0 Å². The highest BCUT2D eigenvalue weighted by Crippen LogP contribution is 2.41. The number of rotatable bonds is 2. The minimum absolute atomic E-state index is 0.873. The van der Waals surface area contributed by atoms with E-state index in [0.717, 1.165) is 11.8 Å². The summed E-state index contributed by atoms with van der Waals surface area (Å²) in [5, 5.41) is 0. The van der Waals surface area contributed by atoms with Gasteiger partial charge in [0.1, 0.15) is 0 Å². The molecule has 1 aromatic rings. The fourth-order valence-corrected chi connectivity index (χ4v) is 2.92. The minimum atomic E-state index is 0.873. The van der Waals surface area contributed by atoms with E-state index in [1.165, 1.54) is 44.9 Å². The standard InChI is InChI=1S/C15H20/c1-2-5-12(6-3-1)14-7-4-8-15(11-14)13-9-10-13/h4,7-8,11-13H,1-3,5-6,9-10H2. The first kappa shape index (κ1) is 9.45. The molecule has 1 aromatic carbocycles. The minimum Gasteiger partial charge on any atom is -0.0617 e. The summed E-state index contributed by atoms with van der Waals surface area (Å²) >= 11 is 0. The molecule has 3 rings (SSSR count). The topological polar surface area (TPSA) is 0 Å². The summed E-state index contributed by atoms with van der Waals surface area (Å²) in [6.07, 6.45) is 10.0. The zero-order chi connectivity index (χ0) is 10.1. The summed E-state index contributed by atoms with van der Waals surface area (Å²) in [6, 6.07) is 9.44. The van der Waals surface area contributed by atoms with E-state index >= 15 is 0 Å². The van der Waals surface area contributed by atoms with Crippen molar-refractivity contribution in [3.8, 4) is 0 Å². The predicted octanol–water partition coefficient (Wildman–Crippen LogP) is 4.61. The lowest BCUT2D eigenvalue weighted by atomic mass is 9.83. The van der Waals surface area contributed by atoms with E-state index in [4.69, 9.17) is 0 Å². The largest absolute Gasteiger partial charge is 0.0617 e. The average Bonchev–Trinajstić information content (AvgIpc) is 3.14. The van der Waals surface area contributed by atoms with E-state index in [1.54, 1.807) is 11.1 Å². The normalized spacial score (nSPS) is 22.9. The highest BCUT2D eigenvalue weighted by molar-refractivity contribution is 5.31. The lowest BCUT2D eigenvalue weighted by Gasteiger charge is -2.22. The van der Waals surface area contributed by atoms with E-state index in [0.29, 0.717) is 0 Å². The van der Waals surface area contributed by atoms with Crippen LogP contribution in [0, 0.1) is 0 Å². The highest BCUT2D eigenvalue weighted by atomic mass is 14.3. The molecule has 0 spiro atoms. The van der Waals surface area contributed by atoms with E-state index in [-0.39, 0.29) is 0 Å². The summed E-state index contributed by atoms with van der Waals surface area (Å²) in [5.41, 5.74) is 3.23. The zero-order valence-electron chi connectivity index (χ0n) is 9.41. The fraction of sp³-hybridized carbons (Fsp3) is 0.600. The summed E-state index contributed by atoms with van der Waals surface area (Å²) in [4.78, 5) is 0. The van der Waals surface area contributed by atoms with Crippen molar-refractivity contribution >= 4 is 0 Å². The first-order valence-corrected chi connectivity index (χ1v) is 6.53. The lowest BCUT2D eigenvalue weighted by Crippen LogP contribution is -2.04. The van der Waals surface area contributed by atoms with Gasteiger partial charge < -0.3 is 0 Å². The molecule has 0 heterocycles. The van der Waals surface area contributed by atoms with Crippen LogP contribution in [0.15, 0.2) is 24.3 Å². The molecule has 0 aliphatic heterocycles. The number of hydrogen-bond donors (Lipinski definition) is 0. The Morgan fingerprint density at radius 2 is 1.33 bits per heavy atom. The third-order valence-corrected chi connectivity index (χ3v) is 4.04. The first-order valence-electron chi connectivity index (χ1n) is 6.53. The van der Waals surface area contributed by atoms with Crippen LogP contribution in [0.25, 0.3) is 0 Å². The second-order valence-electron chi connectivity index (χ2n) is 5.28. The predicted molar refractivity (Wildman–Crippen MR) is 64.2 cm³/mol. The number of hydrogen-bond acceptors (Lipinski definition) is 0. The first-order chi connectivity index (χ1) is 7.43. The molecule has 0 saturated heterocycles. The maximum Gasteiger partial charge on any atom is -0.0161 e. The summed E-state index contributed by atoms with van der Waals surface area (Å²) < 4.78 is 0. The van der Waals surface area contributed by atoms with Gasteiger partial charge in [0.15, 0.2) is 0 Å². The quantitative estimate of drug-likeness (QED) is 0.654. The van der Waals surface area contributed by atoms with Crippen molar-refractivity contribution in [2.24, 2.45) is 0 Å². The van der Waals surface area contributed by atoms with Gasteiger partial charge in [0, 0.05) is 0 Å². The van der Waals surface area contributed by atoms with E-state index in [2.05, 4.69) is 24.3 Å². The molecule has 0 radical (unpaired) electrons. The smallest absolute Gasteiger partial charge is 0.0161 e. The van der Waals surface area contributed by atoms with Gasteiger partial charge in [-0.1, -0.05) is 43.5 Å². The van der Waals surface area contributed by atoms with Crippen molar-refractivity contribution in [3.63, 3.8) is 0 Å². The SMILES string of the molecule is c1cc(C2CCCCC2)cc(C2CC2)c1. The second kappa shape index (κ2) is 4.00. The van der Waals surface area contributed by atoms with Crippen LogP contribution >= 0.6 is 0 Å². The molecule has 2 aliphatic rings. The summed E-state index contributed by atoms with van der Waals surface area (Å²) in [5.74, 6) is 1.78. The van der Waals surface area contributed by atoms with Gasteiger partial charge >= 0.3 is 0 Å².